The van der Waals surface area contributed by atoms with Crippen LogP contribution in [0.25, 0.3) is 11.1 Å². The molecule has 0 aliphatic heterocycles. The number of halogens is 2. The maximum atomic E-state index is 13.2. The number of benzene rings is 2. The van der Waals surface area contributed by atoms with E-state index in [-0.39, 0.29) is 5.82 Å². The molecule has 18 heavy (non-hydrogen) atoms. The van der Waals surface area contributed by atoms with Gasteiger partial charge in [-0.1, -0.05) is 17.7 Å². The van der Waals surface area contributed by atoms with Gasteiger partial charge in [0.2, 0.25) is 0 Å². The van der Waals surface area contributed by atoms with E-state index in [2.05, 4.69) is 0 Å². The Hall–Kier alpha value is -1.74. The van der Waals surface area contributed by atoms with Crippen molar-refractivity contribution in [2.24, 2.45) is 0 Å². The number of rotatable bonds is 3. The molecule has 0 saturated heterocycles. The Morgan fingerprint density at radius 2 is 2.00 bits per heavy atom. The second-order valence-corrected chi connectivity index (χ2v) is 4.22. The third-order valence-corrected chi connectivity index (χ3v) is 2.88. The summed E-state index contributed by atoms with van der Waals surface area (Å²) in [5, 5.41) is 0.489. The molecular formula is C14H13ClFNO. The van der Waals surface area contributed by atoms with Gasteiger partial charge in [-0.25, -0.2) is 4.39 Å². The Bertz CT molecular complexity index is 572. The summed E-state index contributed by atoms with van der Waals surface area (Å²) >= 11 is 6.06. The largest absolute Gasteiger partial charge is 0.492 e. The van der Waals surface area contributed by atoms with Crippen molar-refractivity contribution >= 4 is 17.3 Å². The summed E-state index contributed by atoms with van der Waals surface area (Å²) < 4.78 is 18.7. The number of nitrogen functional groups attached to an aromatic ring is 1. The van der Waals surface area contributed by atoms with Crippen LogP contribution >= 0.6 is 11.6 Å². The molecule has 2 aromatic rings. The summed E-state index contributed by atoms with van der Waals surface area (Å²) in [4.78, 5) is 0. The topological polar surface area (TPSA) is 35.2 Å². The van der Waals surface area contributed by atoms with Crippen molar-refractivity contribution in [2.75, 3.05) is 12.3 Å². The second-order valence-electron chi connectivity index (χ2n) is 3.81. The van der Waals surface area contributed by atoms with Crippen LogP contribution in [-0.4, -0.2) is 6.61 Å². The molecule has 0 atom stereocenters. The van der Waals surface area contributed by atoms with E-state index in [1.54, 1.807) is 18.2 Å². The van der Waals surface area contributed by atoms with Gasteiger partial charge in [0.1, 0.15) is 11.6 Å². The second kappa shape index (κ2) is 5.27. The Morgan fingerprint density at radius 1 is 1.22 bits per heavy atom. The molecule has 2 rings (SSSR count). The molecule has 0 spiro atoms. The molecule has 0 unspecified atom stereocenters. The average molecular weight is 266 g/mol. The first-order valence-electron chi connectivity index (χ1n) is 5.59. The van der Waals surface area contributed by atoms with E-state index in [4.69, 9.17) is 22.1 Å². The predicted octanol–water partition coefficient (Wildman–Crippen LogP) is 4.13. The minimum atomic E-state index is -0.329. The monoisotopic (exact) mass is 265 g/mol. The van der Waals surface area contributed by atoms with Crippen LogP contribution in [-0.2, 0) is 0 Å². The number of anilines is 1. The summed E-state index contributed by atoms with van der Waals surface area (Å²) in [5.74, 6) is 0.250. The summed E-state index contributed by atoms with van der Waals surface area (Å²) in [6, 6.07) is 9.53. The van der Waals surface area contributed by atoms with Crippen molar-refractivity contribution in [3.05, 3.63) is 47.2 Å². The molecule has 0 fully saturated rings. The molecule has 0 bridgehead atoms. The Balaban J connectivity index is 2.50. The highest BCUT2D eigenvalue weighted by Gasteiger charge is 2.08. The molecular weight excluding hydrogens is 253 g/mol. The first kappa shape index (κ1) is 12.7. The Kier molecular flexibility index (Phi) is 3.72. The molecule has 4 heteroatoms. The molecule has 2 N–H and O–H groups in total. The summed E-state index contributed by atoms with van der Waals surface area (Å²) in [5.41, 5.74) is 7.74. The molecule has 94 valence electrons. The van der Waals surface area contributed by atoms with Crippen LogP contribution in [0.3, 0.4) is 0 Å². The summed E-state index contributed by atoms with van der Waals surface area (Å²) in [6.07, 6.45) is 0. The van der Waals surface area contributed by atoms with Crippen LogP contribution in [0.2, 0.25) is 5.02 Å². The van der Waals surface area contributed by atoms with E-state index in [0.29, 0.717) is 28.6 Å². The average Bonchev–Trinajstić information content (AvgIpc) is 2.35. The lowest BCUT2D eigenvalue weighted by Gasteiger charge is -2.10. The minimum Gasteiger partial charge on any atom is -0.492 e. The van der Waals surface area contributed by atoms with E-state index in [9.17, 15) is 4.39 Å². The first-order valence-corrected chi connectivity index (χ1v) is 5.97. The van der Waals surface area contributed by atoms with Gasteiger partial charge in [0.15, 0.2) is 0 Å². The highest BCUT2D eigenvalue weighted by Crippen LogP contribution is 2.33. The lowest BCUT2D eigenvalue weighted by Crippen LogP contribution is -1.97. The summed E-state index contributed by atoms with van der Waals surface area (Å²) in [7, 11) is 0. The maximum absolute atomic E-state index is 13.2. The zero-order valence-corrected chi connectivity index (χ0v) is 10.7. The van der Waals surface area contributed by atoms with Crippen LogP contribution in [0.15, 0.2) is 36.4 Å². The van der Waals surface area contributed by atoms with Crippen molar-refractivity contribution in [1.82, 2.24) is 0 Å². The maximum Gasteiger partial charge on any atom is 0.142 e. The molecule has 0 aliphatic rings. The number of ether oxygens (including phenoxy) is 1. The van der Waals surface area contributed by atoms with Crippen LogP contribution < -0.4 is 10.5 Å². The van der Waals surface area contributed by atoms with Crippen molar-refractivity contribution in [3.8, 4) is 16.9 Å². The lowest BCUT2D eigenvalue weighted by atomic mass is 10.0. The van der Waals surface area contributed by atoms with Gasteiger partial charge in [0.05, 0.1) is 12.3 Å². The molecule has 0 aromatic heterocycles. The molecule has 2 aromatic carbocycles. The molecule has 0 amide bonds. The quantitative estimate of drug-likeness (QED) is 0.847. The van der Waals surface area contributed by atoms with Crippen molar-refractivity contribution in [3.63, 3.8) is 0 Å². The number of hydrogen-bond donors (Lipinski definition) is 1. The predicted molar refractivity (Wildman–Crippen MR) is 72.4 cm³/mol. The van der Waals surface area contributed by atoms with Gasteiger partial charge in [0.25, 0.3) is 0 Å². The molecule has 0 radical (unpaired) electrons. The third-order valence-electron chi connectivity index (χ3n) is 2.55. The highest BCUT2D eigenvalue weighted by atomic mass is 35.5. The number of hydrogen-bond acceptors (Lipinski definition) is 2. The summed E-state index contributed by atoms with van der Waals surface area (Å²) in [6.45, 7) is 2.39. The van der Waals surface area contributed by atoms with Crippen molar-refractivity contribution < 1.29 is 9.13 Å². The first-order chi connectivity index (χ1) is 8.61. The van der Waals surface area contributed by atoms with Gasteiger partial charge in [-0.2, -0.15) is 0 Å². The van der Waals surface area contributed by atoms with Gasteiger partial charge < -0.3 is 10.5 Å². The fraction of sp³-hybridized carbons (Fsp3) is 0.143. The normalized spacial score (nSPS) is 10.4. The lowest BCUT2D eigenvalue weighted by molar-refractivity contribution is 0.342. The highest BCUT2D eigenvalue weighted by molar-refractivity contribution is 6.33. The molecule has 0 heterocycles. The number of nitrogens with two attached hydrogens (primary N) is 1. The van der Waals surface area contributed by atoms with E-state index in [1.807, 2.05) is 6.92 Å². The molecule has 2 nitrogen and oxygen atoms in total. The van der Waals surface area contributed by atoms with Crippen LogP contribution in [0.5, 0.6) is 5.75 Å². The van der Waals surface area contributed by atoms with Gasteiger partial charge in [-0.15, -0.1) is 0 Å². The van der Waals surface area contributed by atoms with Gasteiger partial charge in [0, 0.05) is 10.6 Å². The fourth-order valence-corrected chi connectivity index (χ4v) is 1.93. The Labute approximate surface area is 110 Å². The van der Waals surface area contributed by atoms with Gasteiger partial charge in [-0.3, -0.25) is 0 Å². The van der Waals surface area contributed by atoms with Crippen LogP contribution in [0, 0.1) is 5.82 Å². The standard InChI is InChI=1S/C14H13ClFNO/c1-2-18-14-7-9(3-6-13(14)17)11-8-10(16)4-5-12(11)15/h3-8H,2,17H2,1H3. The zero-order chi connectivity index (χ0) is 13.1. The fourth-order valence-electron chi connectivity index (χ4n) is 1.70. The smallest absolute Gasteiger partial charge is 0.142 e. The van der Waals surface area contributed by atoms with Crippen molar-refractivity contribution in [1.29, 1.82) is 0 Å². The third kappa shape index (κ3) is 2.57. The van der Waals surface area contributed by atoms with E-state index in [0.717, 1.165) is 5.56 Å². The van der Waals surface area contributed by atoms with Gasteiger partial charge in [-0.05, 0) is 42.8 Å². The molecule has 0 aliphatic carbocycles. The Morgan fingerprint density at radius 3 is 2.72 bits per heavy atom. The van der Waals surface area contributed by atoms with E-state index >= 15 is 0 Å². The minimum absolute atomic E-state index is 0.329. The van der Waals surface area contributed by atoms with Gasteiger partial charge >= 0.3 is 0 Å². The van der Waals surface area contributed by atoms with Crippen molar-refractivity contribution in [2.45, 2.75) is 6.92 Å². The zero-order valence-electron chi connectivity index (χ0n) is 9.91. The SMILES string of the molecule is CCOc1cc(-c2cc(F)ccc2Cl)ccc1N. The van der Waals surface area contributed by atoms with Crippen LogP contribution in [0.4, 0.5) is 10.1 Å². The van der Waals surface area contributed by atoms with E-state index < -0.39 is 0 Å². The van der Waals surface area contributed by atoms with Crippen LogP contribution in [0.1, 0.15) is 6.92 Å². The van der Waals surface area contributed by atoms with E-state index in [1.165, 1.54) is 18.2 Å². The molecule has 0 saturated carbocycles.